The normalized spacial score (nSPS) is 10.4. The van der Waals surface area contributed by atoms with Crippen LogP contribution in [0.5, 0.6) is 5.75 Å². The third-order valence-corrected chi connectivity index (χ3v) is 3.70. The van der Waals surface area contributed by atoms with Gasteiger partial charge in [0, 0.05) is 12.0 Å². The monoisotopic (exact) mass is 320 g/mol. The molecule has 2 aromatic rings. The minimum Gasteiger partial charge on any atom is -0.496 e. The summed E-state index contributed by atoms with van der Waals surface area (Å²) in [4.78, 5) is 0. The first-order chi connectivity index (χ1) is 9.29. The third kappa shape index (κ3) is 4.37. The first-order valence-corrected chi connectivity index (χ1v) is 7.27. The smallest absolute Gasteiger partial charge is 0.133 e. The zero-order chi connectivity index (χ0) is 13.5. The van der Waals surface area contributed by atoms with Gasteiger partial charge in [-0.25, -0.2) is 0 Å². The fourth-order valence-electron chi connectivity index (χ4n) is 2.02. The van der Waals surface area contributed by atoms with Crippen LogP contribution in [0.1, 0.15) is 11.1 Å². The van der Waals surface area contributed by atoms with E-state index in [1.54, 1.807) is 7.11 Å². The second-order valence-electron chi connectivity index (χ2n) is 4.49. The number of methoxy groups -OCH3 is 1. The molecule has 2 N–H and O–H groups in total. The van der Waals surface area contributed by atoms with Crippen molar-refractivity contribution in [2.24, 2.45) is 0 Å². The van der Waals surface area contributed by atoms with Crippen LogP contribution in [0.15, 0.2) is 53.0 Å². The van der Waals surface area contributed by atoms with Gasteiger partial charge in [-0.05, 0) is 39.7 Å². The summed E-state index contributed by atoms with van der Waals surface area (Å²) in [5.41, 5.74) is 2.70. The first kappa shape index (κ1) is 14.1. The maximum absolute atomic E-state index is 5.23. The van der Waals surface area contributed by atoms with E-state index in [1.165, 1.54) is 11.1 Å². The minimum atomic E-state index is 0.882. The van der Waals surface area contributed by atoms with Gasteiger partial charge >= 0.3 is 0 Å². The van der Waals surface area contributed by atoms with E-state index in [1.807, 2.05) is 6.07 Å². The highest BCUT2D eigenvalue weighted by atomic mass is 79.9. The molecule has 19 heavy (non-hydrogen) atoms. The molecule has 0 bridgehead atoms. The predicted octanol–water partition coefficient (Wildman–Crippen LogP) is 2.76. The molecule has 0 aromatic heterocycles. The van der Waals surface area contributed by atoms with Crippen LogP contribution in [-0.4, -0.2) is 13.7 Å². The summed E-state index contributed by atoms with van der Waals surface area (Å²) in [6.45, 7) is 2.10. The van der Waals surface area contributed by atoms with Gasteiger partial charge in [-0.3, -0.25) is 0 Å². The van der Waals surface area contributed by atoms with Crippen molar-refractivity contribution in [1.29, 1.82) is 0 Å². The largest absolute Gasteiger partial charge is 0.496 e. The van der Waals surface area contributed by atoms with Crippen LogP contribution in [-0.2, 0) is 13.0 Å². The van der Waals surface area contributed by atoms with Gasteiger partial charge < -0.3 is 10.1 Å². The highest BCUT2D eigenvalue weighted by Gasteiger charge is 2.02. The Hall–Kier alpha value is -1.32. The van der Waals surface area contributed by atoms with Gasteiger partial charge in [0.25, 0.3) is 0 Å². The van der Waals surface area contributed by atoms with Crippen LogP contribution in [0.2, 0.25) is 0 Å². The van der Waals surface area contributed by atoms with Crippen LogP contribution >= 0.6 is 15.9 Å². The SMILES string of the molecule is COc1ccc(C[NH2+]CCc2ccccc2)cc1Br. The molecule has 0 saturated heterocycles. The molecule has 0 fully saturated rings. The Bertz CT molecular complexity index is 513. The fourth-order valence-corrected chi connectivity index (χ4v) is 2.61. The number of ether oxygens (including phenoxy) is 1. The number of hydrogen-bond acceptors (Lipinski definition) is 1. The number of benzene rings is 2. The van der Waals surface area contributed by atoms with Gasteiger partial charge in [-0.15, -0.1) is 0 Å². The second-order valence-corrected chi connectivity index (χ2v) is 5.34. The van der Waals surface area contributed by atoms with Crippen LogP contribution in [0, 0.1) is 0 Å². The van der Waals surface area contributed by atoms with Crippen molar-refractivity contribution >= 4 is 15.9 Å². The Morgan fingerprint density at radius 1 is 1.05 bits per heavy atom. The molecule has 0 atom stereocenters. The lowest BCUT2D eigenvalue weighted by Crippen LogP contribution is -2.83. The van der Waals surface area contributed by atoms with Crippen LogP contribution in [0.3, 0.4) is 0 Å². The van der Waals surface area contributed by atoms with E-state index in [2.05, 4.69) is 63.7 Å². The number of hydrogen-bond donors (Lipinski definition) is 1. The zero-order valence-electron chi connectivity index (χ0n) is 11.1. The Morgan fingerprint density at radius 3 is 2.53 bits per heavy atom. The zero-order valence-corrected chi connectivity index (χ0v) is 12.7. The average Bonchev–Trinajstić information content (AvgIpc) is 2.45. The van der Waals surface area contributed by atoms with E-state index in [4.69, 9.17) is 4.74 Å². The second kappa shape index (κ2) is 7.31. The van der Waals surface area contributed by atoms with Crippen LogP contribution in [0.25, 0.3) is 0 Å². The van der Waals surface area contributed by atoms with Crippen molar-refractivity contribution < 1.29 is 10.1 Å². The van der Waals surface area contributed by atoms with Gasteiger partial charge in [-0.2, -0.15) is 0 Å². The number of halogens is 1. The molecular formula is C16H19BrNO+. The molecule has 0 aliphatic heterocycles. The van der Waals surface area contributed by atoms with Crippen LogP contribution in [0.4, 0.5) is 0 Å². The number of nitrogens with two attached hydrogens (primary N) is 1. The van der Waals surface area contributed by atoms with Crippen LogP contribution < -0.4 is 10.1 Å². The highest BCUT2D eigenvalue weighted by molar-refractivity contribution is 9.10. The van der Waals surface area contributed by atoms with E-state index >= 15 is 0 Å². The van der Waals surface area contributed by atoms with Gasteiger partial charge in [-0.1, -0.05) is 30.3 Å². The Kier molecular flexibility index (Phi) is 5.43. The standard InChI is InChI=1S/C16H18BrNO/c1-19-16-8-7-14(11-15(16)17)12-18-10-9-13-5-3-2-4-6-13/h2-8,11,18H,9-10,12H2,1H3/p+1. The maximum Gasteiger partial charge on any atom is 0.133 e. The molecule has 0 radical (unpaired) electrons. The van der Waals surface area contributed by atoms with E-state index < -0.39 is 0 Å². The molecule has 0 unspecified atom stereocenters. The van der Waals surface area contributed by atoms with Crippen molar-refractivity contribution in [3.8, 4) is 5.75 Å². The van der Waals surface area contributed by atoms with Gasteiger partial charge in [0.05, 0.1) is 18.1 Å². The maximum atomic E-state index is 5.23. The lowest BCUT2D eigenvalue weighted by molar-refractivity contribution is -0.670. The minimum absolute atomic E-state index is 0.882. The van der Waals surface area contributed by atoms with Crippen molar-refractivity contribution in [1.82, 2.24) is 0 Å². The molecule has 0 aliphatic carbocycles. The van der Waals surface area contributed by atoms with Crippen molar-refractivity contribution in [2.45, 2.75) is 13.0 Å². The Labute approximate surface area is 122 Å². The molecule has 0 aliphatic rings. The fraction of sp³-hybridized carbons (Fsp3) is 0.250. The molecule has 0 amide bonds. The van der Waals surface area contributed by atoms with E-state index in [0.717, 1.165) is 29.7 Å². The summed E-state index contributed by atoms with van der Waals surface area (Å²) in [5, 5.41) is 2.33. The number of rotatable bonds is 6. The van der Waals surface area contributed by atoms with Crippen molar-refractivity contribution in [3.05, 3.63) is 64.1 Å². The topological polar surface area (TPSA) is 25.8 Å². The van der Waals surface area contributed by atoms with E-state index in [9.17, 15) is 0 Å². The molecule has 3 heteroatoms. The summed E-state index contributed by atoms with van der Waals surface area (Å²) in [5.74, 6) is 0.882. The molecule has 0 heterocycles. The third-order valence-electron chi connectivity index (χ3n) is 3.08. The molecular weight excluding hydrogens is 302 g/mol. The summed E-state index contributed by atoms with van der Waals surface area (Å²) in [6.07, 6.45) is 1.11. The molecule has 100 valence electrons. The lowest BCUT2D eigenvalue weighted by atomic mass is 10.1. The lowest BCUT2D eigenvalue weighted by Gasteiger charge is -2.06. The molecule has 2 aromatic carbocycles. The number of quaternary nitrogens is 1. The molecule has 0 spiro atoms. The summed E-state index contributed by atoms with van der Waals surface area (Å²) in [6, 6.07) is 16.8. The molecule has 2 rings (SSSR count). The molecule has 2 nitrogen and oxygen atoms in total. The summed E-state index contributed by atoms with van der Waals surface area (Å²) in [7, 11) is 1.69. The summed E-state index contributed by atoms with van der Waals surface area (Å²) < 4.78 is 6.24. The van der Waals surface area contributed by atoms with Gasteiger partial charge in [0.2, 0.25) is 0 Å². The summed E-state index contributed by atoms with van der Waals surface area (Å²) >= 11 is 3.51. The van der Waals surface area contributed by atoms with E-state index in [-0.39, 0.29) is 0 Å². The average molecular weight is 321 g/mol. The first-order valence-electron chi connectivity index (χ1n) is 6.47. The van der Waals surface area contributed by atoms with Gasteiger partial charge in [0.1, 0.15) is 12.3 Å². The molecule has 0 saturated carbocycles. The van der Waals surface area contributed by atoms with E-state index in [0.29, 0.717) is 0 Å². The van der Waals surface area contributed by atoms with Crippen molar-refractivity contribution in [2.75, 3.05) is 13.7 Å². The predicted molar refractivity (Wildman–Crippen MR) is 81.3 cm³/mol. The van der Waals surface area contributed by atoms with Gasteiger partial charge in [0.15, 0.2) is 0 Å². The Morgan fingerprint density at radius 2 is 1.84 bits per heavy atom. The van der Waals surface area contributed by atoms with Crippen molar-refractivity contribution in [3.63, 3.8) is 0 Å². The quantitative estimate of drug-likeness (QED) is 0.814. The highest BCUT2D eigenvalue weighted by Crippen LogP contribution is 2.25. The Balaban J connectivity index is 1.78.